The van der Waals surface area contributed by atoms with E-state index < -0.39 is 0 Å². The molecule has 8 heteroatoms. The topological polar surface area (TPSA) is 92.8 Å². The monoisotopic (exact) mass is 356 g/mol. The lowest BCUT2D eigenvalue weighted by Gasteiger charge is -2.34. The molecule has 1 amide bonds. The fourth-order valence-corrected chi connectivity index (χ4v) is 3.58. The number of anilines is 1. The molecule has 0 spiro atoms. The highest BCUT2D eigenvalue weighted by Gasteiger charge is 2.30. The van der Waals surface area contributed by atoms with Crippen LogP contribution in [0.5, 0.6) is 0 Å². The summed E-state index contributed by atoms with van der Waals surface area (Å²) in [5, 5.41) is 4.27. The number of amides is 1. The smallest absolute Gasteiger partial charge is 0.245 e. The zero-order valence-electron chi connectivity index (χ0n) is 14.6. The molecular formula is C18H21FN6O. The van der Waals surface area contributed by atoms with E-state index in [4.69, 9.17) is 5.73 Å². The van der Waals surface area contributed by atoms with Crippen molar-refractivity contribution in [1.29, 1.82) is 0 Å². The van der Waals surface area contributed by atoms with Crippen molar-refractivity contribution in [3.8, 4) is 0 Å². The number of aryl methyl sites for hydroxylation is 1. The predicted octanol–water partition coefficient (Wildman–Crippen LogP) is 2.54. The molecule has 0 bridgehead atoms. The summed E-state index contributed by atoms with van der Waals surface area (Å²) in [4.78, 5) is 22.5. The molecule has 1 atom stereocenters. The maximum absolute atomic E-state index is 13.4. The quantitative estimate of drug-likeness (QED) is 0.754. The van der Waals surface area contributed by atoms with Crippen LogP contribution >= 0.6 is 0 Å². The molecule has 4 rings (SSSR count). The maximum atomic E-state index is 13.4. The molecule has 7 nitrogen and oxygen atoms in total. The first kappa shape index (κ1) is 16.6. The Labute approximate surface area is 150 Å². The Morgan fingerprint density at radius 3 is 3.00 bits per heavy atom. The number of piperidine rings is 1. The van der Waals surface area contributed by atoms with E-state index in [2.05, 4.69) is 15.1 Å². The summed E-state index contributed by atoms with van der Waals surface area (Å²) in [5.74, 6) is 0.817. The second-order valence-corrected chi connectivity index (χ2v) is 6.75. The van der Waals surface area contributed by atoms with Gasteiger partial charge < -0.3 is 15.6 Å². The lowest BCUT2D eigenvalue weighted by Crippen LogP contribution is -2.41. The molecule has 3 N–H and O–H groups in total. The van der Waals surface area contributed by atoms with Gasteiger partial charge in [0.05, 0.1) is 22.8 Å². The number of nitrogen functional groups attached to an aromatic ring is 1. The standard InChI is InChI=1S/C18H21FN6O/c1-11-8-16(20)25(23-11)10-17(26)24-7-3-2-4-15(24)18-21-13-6-5-12(19)9-14(13)22-18/h5-6,8-9,15H,2-4,7,10,20H2,1H3,(H,21,22)/t15-/m1/s1. The van der Waals surface area contributed by atoms with Gasteiger partial charge in [0.25, 0.3) is 0 Å². The van der Waals surface area contributed by atoms with Gasteiger partial charge in [0.2, 0.25) is 5.91 Å². The highest BCUT2D eigenvalue weighted by molar-refractivity contribution is 5.78. The molecule has 26 heavy (non-hydrogen) atoms. The number of nitrogens with two attached hydrogens (primary N) is 1. The highest BCUT2D eigenvalue weighted by atomic mass is 19.1. The number of nitrogens with one attached hydrogen (secondary N) is 1. The minimum absolute atomic E-state index is 0.0452. The second kappa shape index (κ2) is 6.44. The van der Waals surface area contributed by atoms with E-state index in [0.29, 0.717) is 29.2 Å². The largest absolute Gasteiger partial charge is 0.384 e. The summed E-state index contributed by atoms with van der Waals surface area (Å²) < 4.78 is 15.0. The van der Waals surface area contributed by atoms with Gasteiger partial charge in [-0.25, -0.2) is 14.1 Å². The van der Waals surface area contributed by atoms with Crippen LogP contribution in [0.15, 0.2) is 24.3 Å². The van der Waals surface area contributed by atoms with Crippen LogP contribution in [0.25, 0.3) is 11.0 Å². The van der Waals surface area contributed by atoms with Crippen molar-refractivity contribution in [2.45, 2.75) is 38.8 Å². The number of aromatic nitrogens is 4. The molecule has 0 unspecified atom stereocenters. The van der Waals surface area contributed by atoms with E-state index >= 15 is 0 Å². The summed E-state index contributed by atoms with van der Waals surface area (Å²) in [6.07, 6.45) is 2.79. The number of likely N-dealkylation sites (tertiary alicyclic amines) is 1. The van der Waals surface area contributed by atoms with Crippen molar-refractivity contribution in [1.82, 2.24) is 24.6 Å². The van der Waals surface area contributed by atoms with Crippen LogP contribution in [0.2, 0.25) is 0 Å². The molecule has 1 aliphatic heterocycles. The number of fused-ring (bicyclic) bond motifs is 1. The van der Waals surface area contributed by atoms with Gasteiger partial charge in [0.1, 0.15) is 24.0 Å². The lowest BCUT2D eigenvalue weighted by molar-refractivity contribution is -0.136. The van der Waals surface area contributed by atoms with Gasteiger partial charge in [0, 0.05) is 12.6 Å². The molecule has 1 aromatic carbocycles. The van der Waals surface area contributed by atoms with Crippen molar-refractivity contribution < 1.29 is 9.18 Å². The average molecular weight is 356 g/mol. The number of nitrogens with zero attached hydrogens (tertiary/aromatic N) is 4. The van der Waals surface area contributed by atoms with Gasteiger partial charge in [-0.1, -0.05) is 0 Å². The fraction of sp³-hybridized carbons (Fsp3) is 0.389. The lowest BCUT2D eigenvalue weighted by atomic mass is 10.0. The van der Waals surface area contributed by atoms with Crippen molar-refractivity contribution in [3.05, 3.63) is 41.6 Å². The zero-order chi connectivity index (χ0) is 18.3. The van der Waals surface area contributed by atoms with Crippen LogP contribution in [-0.4, -0.2) is 37.1 Å². The SMILES string of the molecule is Cc1cc(N)n(CC(=O)N2CCCC[C@@H]2c2nc3ccc(F)cc3[nH]2)n1. The third kappa shape index (κ3) is 3.02. The highest BCUT2D eigenvalue weighted by Crippen LogP contribution is 2.31. The Hall–Kier alpha value is -2.90. The van der Waals surface area contributed by atoms with E-state index in [-0.39, 0.29) is 24.3 Å². The first-order valence-electron chi connectivity index (χ1n) is 8.76. The molecule has 1 saturated heterocycles. The normalized spacial score (nSPS) is 17.8. The summed E-state index contributed by atoms with van der Waals surface area (Å²) in [5.41, 5.74) is 8.03. The second-order valence-electron chi connectivity index (χ2n) is 6.75. The minimum Gasteiger partial charge on any atom is -0.384 e. The van der Waals surface area contributed by atoms with Gasteiger partial charge in [-0.15, -0.1) is 0 Å². The number of aromatic amines is 1. The first-order valence-corrected chi connectivity index (χ1v) is 8.76. The Morgan fingerprint density at radius 1 is 1.38 bits per heavy atom. The molecule has 1 fully saturated rings. The summed E-state index contributed by atoms with van der Waals surface area (Å²) in [6, 6.07) is 6.06. The Morgan fingerprint density at radius 2 is 2.23 bits per heavy atom. The van der Waals surface area contributed by atoms with Crippen LogP contribution in [0.4, 0.5) is 10.2 Å². The molecule has 0 aliphatic carbocycles. The van der Waals surface area contributed by atoms with Crippen LogP contribution < -0.4 is 5.73 Å². The first-order chi connectivity index (χ1) is 12.5. The van der Waals surface area contributed by atoms with Gasteiger partial charge in [-0.3, -0.25) is 4.79 Å². The number of carbonyl (C=O) groups is 1. The molecule has 3 aromatic rings. The molecule has 3 heterocycles. The third-order valence-electron chi connectivity index (χ3n) is 4.82. The molecule has 0 radical (unpaired) electrons. The van der Waals surface area contributed by atoms with Gasteiger partial charge in [-0.2, -0.15) is 5.10 Å². The number of carbonyl (C=O) groups excluding carboxylic acids is 1. The molecule has 136 valence electrons. The van der Waals surface area contributed by atoms with Crippen molar-refractivity contribution >= 4 is 22.8 Å². The van der Waals surface area contributed by atoms with Gasteiger partial charge in [-0.05, 0) is 44.4 Å². The summed E-state index contributed by atoms with van der Waals surface area (Å²) in [7, 11) is 0. The van der Waals surface area contributed by atoms with Crippen LogP contribution in [-0.2, 0) is 11.3 Å². The molecule has 2 aromatic heterocycles. The molecule has 0 saturated carbocycles. The number of H-pyrrole nitrogens is 1. The Bertz CT molecular complexity index is 962. The zero-order valence-corrected chi connectivity index (χ0v) is 14.6. The van der Waals surface area contributed by atoms with Gasteiger partial charge >= 0.3 is 0 Å². The van der Waals surface area contributed by atoms with E-state index in [1.165, 1.54) is 16.8 Å². The van der Waals surface area contributed by atoms with Crippen LogP contribution in [0.1, 0.15) is 36.8 Å². The van der Waals surface area contributed by atoms with Crippen molar-refractivity contribution in [2.75, 3.05) is 12.3 Å². The van der Waals surface area contributed by atoms with E-state index in [9.17, 15) is 9.18 Å². The predicted molar refractivity (Wildman–Crippen MR) is 95.7 cm³/mol. The van der Waals surface area contributed by atoms with Crippen molar-refractivity contribution in [3.63, 3.8) is 0 Å². The Kier molecular flexibility index (Phi) is 4.10. The van der Waals surface area contributed by atoms with Crippen LogP contribution in [0, 0.1) is 12.7 Å². The minimum atomic E-state index is -0.311. The number of rotatable bonds is 3. The van der Waals surface area contributed by atoms with E-state index in [1.807, 2.05) is 11.8 Å². The number of imidazole rings is 1. The number of halogens is 1. The molecule has 1 aliphatic rings. The fourth-order valence-electron chi connectivity index (χ4n) is 3.58. The number of hydrogen-bond donors (Lipinski definition) is 2. The van der Waals surface area contributed by atoms with E-state index in [0.717, 1.165) is 25.0 Å². The van der Waals surface area contributed by atoms with Gasteiger partial charge in [0.15, 0.2) is 0 Å². The van der Waals surface area contributed by atoms with Crippen LogP contribution in [0.3, 0.4) is 0 Å². The third-order valence-corrected chi connectivity index (χ3v) is 4.82. The number of benzene rings is 1. The summed E-state index contributed by atoms with van der Waals surface area (Å²) in [6.45, 7) is 2.61. The Balaban J connectivity index is 1.60. The average Bonchev–Trinajstić information content (AvgIpc) is 3.17. The summed E-state index contributed by atoms with van der Waals surface area (Å²) >= 11 is 0. The maximum Gasteiger partial charge on any atom is 0.245 e. The van der Waals surface area contributed by atoms with E-state index in [1.54, 1.807) is 12.1 Å². The van der Waals surface area contributed by atoms with Crippen molar-refractivity contribution in [2.24, 2.45) is 0 Å². The number of hydrogen-bond acceptors (Lipinski definition) is 4. The molecular weight excluding hydrogens is 335 g/mol.